The molecule has 1 aromatic heterocycles. The lowest BCUT2D eigenvalue weighted by Gasteiger charge is -2.34. The van der Waals surface area contributed by atoms with Crippen LogP contribution in [0, 0.1) is 17.2 Å². The molecule has 6 nitrogen and oxygen atoms in total. The molecule has 1 fully saturated rings. The second-order valence-corrected chi connectivity index (χ2v) is 6.95. The number of morpholine rings is 1. The van der Waals surface area contributed by atoms with Crippen molar-refractivity contribution in [3.05, 3.63) is 47.5 Å². The third-order valence-corrected chi connectivity index (χ3v) is 4.49. The van der Waals surface area contributed by atoms with Crippen LogP contribution in [0.5, 0.6) is 0 Å². The highest BCUT2D eigenvalue weighted by Gasteiger charge is 2.23. The molecule has 0 radical (unpaired) electrons. The van der Waals surface area contributed by atoms with Crippen molar-refractivity contribution in [1.29, 1.82) is 5.26 Å². The molecule has 1 aromatic carbocycles. The zero-order chi connectivity index (χ0) is 18.4. The van der Waals surface area contributed by atoms with E-state index in [9.17, 15) is 5.26 Å². The largest absolute Gasteiger partial charge is 0.424 e. The van der Waals surface area contributed by atoms with Crippen molar-refractivity contribution in [1.82, 2.24) is 9.88 Å². The molecule has 26 heavy (non-hydrogen) atoms. The fourth-order valence-electron chi connectivity index (χ4n) is 3.21. The van der Waals surface area contributed by atoms with Gasteiger partial charge in [-0.25, -0.2) is 4.98 Å². The lowest BCUT2D eigenvalue weighted by atomic mass is 10.0. The monoisotopic (exact) mass is 354 g/mol. The van der Waals surface area contributed by atoms with Crippen molar-refractivity contribution in [2.75, 3.05) is 38.2 Å². The zero-order valence-corrected chi connectivity index (χ0v) is 15.4. The summed E-state index contributed by atoms with van der Waals surface area (Å²) in [6, 6.07) is 12.7. The minimum Gasteiger partial charge on any atom is -0.424 e. The zero-order valence-electron chi connectivity index (χ0n) is 15.4. The van der Waals surface area contributed by atoms with Gasteiger partial charge in [0.1, 0.15) is 6.07 Å². The van der Waals surface area contributed by atoms with Gasteiger partial charge in [-0.05, 0) is 11.5 Å². The van der Waals surface area contributed by atoms with E-state index in [0.29, 0.717) is 29.9 Å². The van der Waals surface area contributed by atoms with Gasteiger partial charge in [0, 0.05) is 26.1 Å². The number of nitrogens with zero attached hydrogens (tertiary/aromatic N) is 3. The van der Waals surface area contributed by atoms with E-state index in [1.807, 2.05) is 6.07 Å². The standard InChI is InChI=1S/C20H26N4O2/c1-15(2)12-19-23-17(13-21)20(26-19)22-14-18(16-6-4-3-5-7-16)24-8-10-25-11-9-24/h3-7,15,18,22H,8-12,14H2,1-2H3/t18-/m0/s1. The van der Waals surface area contributed by atoms with Gasteiger partial charge in [-0.15, -0.1) is 0 Å². The van der Waals surface area contributed by atoms with Crippen LogP contribution in [0.25, 0.3) is 0 Å². The van der Waals surface area contributed by atoms with Crippen LogP contribution >= 0.6 is 0 Å². The number of rotatable bonds is 7. The van der Waals surface area contributed by atoms with Crippen molar-refractivity contribution in [2.24, 2.45) is 5.92 Å². The van der Waals surface area contributed by atoms with Gasteiger partial charge in [0.25, 0.3) is 0 Å². The van der Waals surface area contributed by atoms with Crippen molar-refractivity contribution >= 4 is 5.88 Å². The Hall–Kier alpha value is -2.36. The van der Waals surface area contributed by atoms with E-state index in [4.69, 9.17) is 9.15 Å². The summed E-state index contributed by atoms with van der Waals surface area (Å²) in [7, 11) is 0. The Morgan fingerprint density at radius 1 is 1.23 bits per heavy atom. The molecule has 0 saturated carbocycles. The maximum Gasteiger partial charge on any atom is 0.232 e. The van der Waals surface area contributed by atoms with E-state index < -0.39 is 0 Å². The summed E-state index contributed by atoms with van der Waals surface area (Å²) in [6.45, 7) is 8.12. The second kappa shape index (κ2) is 8.84. The van der Waals surface area contributed by atoms with Gasteiger partial charge in [0.2, 0.25) is 11.6 Å². The average Bonchev–Trinajstić information content (AvgIpc) is 3.04. The van der Waals surface area contributed by atoms with Crippen LogP contribution in [-0.2, 0) is 11.2 Å². The minimum absolute atomic E-state index is 0.185. The summed E-state index contributed by atoms with van der Waals surface area (Å²) in [6.07, 6.45) is 0.724. The molecule has 0 bridgehead atoms. The SMILES string of the molecule is CC(C)Cc1nc(C#N)c(NC[C@@H](c2ccccc2)N2CCOCC2)o1. The van der Waals surface area contributed by atoms with Crippen LogP contribution in [-0.4, -0.2) is 42.7 Å². The molecule has 1 aliphatic rings. The van der Waals surface area contributed by atoms with E-state index in [2.05, 4.69) is 59.4 Å². The van der Waals surface area contributed by atoms with Crippen LogP contribution in [0.1, 0.15) is 37.0 Å². The van der Waals surface area contributed by atoms with Crippen LogP contribution in [0.3, 0.4) is 0 Å². The van der Waals surface area contributed by atoms with Gasteiger partial charge >= 0.3 is 0 Å². The third kappa shape index (κ3) is 4.63. The molecule has 3 rings (SSSR count). The van der Waals surface area contributed by atoms with E-state index in [0.717, 1.165) is 32.7 Å². The molecule has 1 saturated heterocycles. The highest BCUT2D eigenvalue weighted by Crippen LogP contribution is 2.24. The number of benzene rings is 1. The van der Waals surface area contributed by atoms with Gasteiger partial charge in [-0.2, -0.15) is 5.26 Å². The van der Waals surface area contributed by atoms with Gasteiger partial charge < -0.3 is 14.5 Å². The molecule has 0 spiro atoms. The number of hydrogen-bond acceptors (Lipinski definition) is 6. The first-order valence-corrected chi connectivity index (χ1v) is 9.17. The molecule has 1 atom stereocenters. The molecule has 2 aromatic rings. The van der Waals surface area contributed by atoms with E-state index in [1.165, 1.54) is 5.56 Å². The normalized spacial score (nSPS) is 16.4. The average molecular weight is 354 g/mol. The second-order valence-electron chi connectivity index (χ2n) is 6.95. The summed E-state index contributed by atoms with van der Waals surface area (Å²) >= 11 is 0. The predicted molar refractivity (Wildman–Crippen MR) is 99.8 cm³/mol. The van der Waals surface area contributed by atoms with Crippen LogP contribution in [0.2, 0.25) is 0 Å². The summed E-state index contributed by atoms with van der Waals surface area (Å²) in [5.41, 5.74) is 1.57. The number of anilines is 1. The van der Waals surface area contributed by atoms with Crippen molar-refractivity contribution in [2.45, 2.75) is 26.3 Å². The van der Waals surface area contributed by atoms with Gasteiger partial charge in [0.05, 0.1) is 19.3 Å². The topological polar surface area (TPSA) is 74.3 Å². The molecular formula is C20H26N4O2. The Balaban J connectivity index is 1.75. The van der Waals surface area contributed by atoms with Crippen molar-refractivity contribution < 1.29 is 9.15 Å². The van der Waals surface area contributed by atoms with Gasteiger partial charge in [0.15, 0.2) is 5.89 Å². The molecule has 0 unspecified atom stereocenters. The first kappa shape index (κ1) is 18.4. The number of aromatic nitrogens is 1. The van der Waals surface area contributed by atoms with Crippen molar-refractivity contribution in [3.63, 3.8) is 0 Å². The minimum atomic E-state index is 0.185. The molecule has 0 aliphatic carbocycles. The molecule has 1 aliphatic heterocycles. The summed E-state index contributed by atoms with van der Waals surface area (Å²) < 4.78 is 11.3. The maximum absolute atomic E-state index is 9.36. The van der Waals surface area contributed by atoms with Crippen LogP contribution in [0.4, 0.5) is 5.88 Å². The number of nitrogens with one attached hydrogen (secondary N) is 1. The molecule has 6 heteroatoms. The fraction of sp³-hybridized carbons (Fsp3) is 0.500. The Morgan fingerprint density at radius 2 is 1.96 bits per heavy atom. The molecule has 0 amide bonds. The lowest BCUT2D eigenvalue weighted by molar-refractivity contribution is 0.0186. The lowest BCUT2D eigenvalue weighted by Crippen LogP contribution is -2.41. The quantitative estimate of drug-likeness (QED) is 0.823. The predicted octanol–water partition coefficient (Wildman–Crippen LogP) is 3.23. The molecule has 2 heterocycles. The molecular weight excluding hydrogens is 328 g/mol. The van der Waals surface area contributed by atoms with E-state index in [1.54, 1.807) is 0 Å². The van der Waals surface area contributed by atoms with Gasteiger partial charge in [-0.1, -0.05) is 44.2 Å². The van der Waals surface area contributed by atoms with Crippen LogP contribution in [0.15, 0.2) is 34.7 Å². The summed E-state index contributed by atoms with van der Waals surface area (Å²) in [4.78, 5) is 6.71. The molecule has 1 N–H and O–H groups in total. The number of hydrogen-bond donors (Lipinski definition) is 1. The Labute approximate surface area is 154 Å². The first-order valence-electron chi connectivity index (χ1n) is 9.17. The first-order chi connectivity index (χ1) is 12.7. The molecule has 138 valence electrons. The highest BCUT2D eigenvalue weighted by molar-refractivity contribution is 5.45. The van der Waals surface area contributed by atoms with Crippen molar-refractivity contribution in [3.8, 4) is 6.07 Å². The Kier molecular flexibility index (Phi) is 6.26. The van der Waals surface area contributed by atoms with E-state index >= 15 is 0 Å². The summed E-state index contributed by atoms with van der Waals surface area (Å²) in [5.74, 6) is 1.51. The Bertz CT molecular complexity index is 730. The van der Waals surface area contributed by atoms with Gasteiger partial charge in [-0.3, -0.25) is 4.90 Å². The maximum atomic E-state index is 9.36. The highest BCUT2D eigenvalue weighted by atomic mass is 16.5. The van der Waals surface area contributed by atoms with E-state index in [-0.39, 0.29) is 6.04 Å². The summed E-state index contributed by atoms with van der Waals surface area (Å²) in [5, 5.41) is 12.7. The third-order valence-electron chi connectivity index (χ3n) is 4.49. The number of oxazole rings is 1. The fourth-order valence-corrected chi connectivity index (χ4v) is 3.21. The van der Waals surface area contributed by atoms with Crippen LogP contribution < -0.4 is 5.32 Å². The number of ether oxygens (including phenoxy) is 1. The Morgan fingerprint density at radius 3 is 2.62 bits per heavy atom. The smallest absolute Gasteiger partial charge is 0.232 e. The number of nitriles is 1.